The third kappa shape index (κ3) is 2.63. The molecule has 4 rings (SSSR count). The highest BCUT2D eigenvalue weighted by Crippen LogP contribution is 2.34. The first-order valence-electron chi connectivity index (χ1n) is 7.82. The summed E-state index contributed by atoms with van der Waals surface area (Å²) >= 11 is 0. The number of aromatic carboxylic acids is 1. The average Bonchev–Trinajstić information content (AvgIpc) is 2.98. The maximum Gasteiger partial charge on any atom is 0.335 e. The van der Waals surface area contributed by atoms with Crippen LogP contribution in [0.15, 0.2) is 51.7 Å². The normalized spacial score (nSPS) is 14.8. The van der Waals surface area contributed by atoms with Crippen LogP contribution < -0.4 is 5.43 Å². The maximum atomic E-state index is 13.4. The lowest BCUT2D eigenvalue weighted by molar-refractivity contribution is 0.0697. The zero-order valence-electron chi connectivity index (χ0n) is 13.1. The highest BCUT2D eigenvalue weighted by Gasteiger charge is 2.24. The van der Waals surface area contributed by atoms with Gasteiger partial charge in [0.25, 0.3) is 0 Å². The molecule has 0 spiro atoms. The Morgan fingerprint density at radius 2 is 2.00 bits per heavy atom. The van der Waals surface area contributed by atoms with Gasteiger partial charge >= 0.3 is 5.97 Å². The van der Waals surface area contributed by atoms with Crippen molar-refractivity contribution in [1.29, 1.82) is 0 Å². The number of carboxylic acid groups (broad SMARTS) is 1. The molecule has 0 aliphatic heterocycles. The van der Waals surface area contributed by atoms with E-state index in [4.69, 9.17) is 9.52 Å². The maximum absolute atomic E-state index is 13.4. The van der Waals surface area contributed by atoms with Gasteiger partial charge in [0.05, 0.1) is 10.9 Å². The number of carboxylic acids is 1. The summed E-state index contributed by atoms with van der Waals surface area (Å²) in [6.45, 7) is 0. The van der Waals surface area contributed by atoms with Gasteiger partial charge in [-0.05, 0) is 60.4 Å². The summed E-state index contributed by atoms with van der Waals surface area (Å²) in [5.41, 5.74) is 2.27. The molecular formula is C20H13FO4. The number of fused-ring (bicyclic) bond motifs is 2. The van der Waals surface area contributed by atoms with Gasteiger partial charge in [0.2, 0.25) is 0 Å². The van der Waals surface area contributed by atoms with Crippen LogP contribution >= 0.6 is 0 Å². The highest BCUT2D eigenvalue weighted by molar-refractivity contribution is 5.94. The predicted molar refractivity (Wildman–Crippen MR) is 92.0 cm³/mol. The van der Waals surface area contributed by atoms with E-state index in [1.165, 1.54) is 30.3 Å². The Bertz CT molecular complexity index is 1110. The Balaban J connectivity index is 1.88. The van der Waals surface area contributed by atoms with Gasteiger partial charge in [0, 0.05) is 5.56 Å². The largest absolute Gasteiger partial charge is 0.478 e. The summed E-state index contributed by atoms with van der Waals surface area (Å²) in [6.07, 6.45) is 2.95. The molecule has 1 heterocycles. The van der Waals surface area contributed by atoms with Crippen molar-refractivity contribution in [3.05, 3.63) is 81.0 Å². The fraction of sp³-hybridized carbons (Fsp3) is 0.100. The molecule has 0 bridgehead atoms. The van der Waals surface area contributed by atoms with Crippen LogP contribution in [0, 0.1) is 5.82 Å². The van der Waals surface area contributed by atoms with E-state index in [0.29, 0.717) is 35.3 Å². The average molecular weight is 336 g/mol. The van der Waals surface area contributed by atoms with Crippen LogP contribution in [0.4, 0.5) is 4.39 Å². The molecule has 1 N–H and O–H groups in total. The molecule has 0 amide bonds. The fourth-order valence-electron chi connectivity index (χ4n) is 3.16. The molecule has 1 aromatic heterocycles. The quantitative estimate of drug-likeness (QED) is 0.764. The second-order valence-electron chi connectivity index (χ2n) is 5.98. The van der Waals surface area contributed by atoms with E-state index >= 15 is 0 Å². The van der Waals surface area contributed by atoms with Gasteiger partial charge in [-0.1, -0.05) is 12.1 Å². The summed E-state index contributed by atoms with van der Waals surface area (Å²) < 4.78 is 19.2. The molecule has 0 radical (unpaired) electrons. The molecule has 0 unspecified atom stereocenters. The molecule has 0 atom stereocenters. The van der Waals surface area contributed by atoms with Crippen molar-refractivity contribution in [2.75, 3.05) is 0 Å². The summed E-state index contributed by atoms with van der Waals surface area (Å²) in [6, 6.07) is 10.5. The highest BCUT2D eigenvalue weighted by atomic mass is 19.1. The lowest BCUT2D eigenvalue weighted by Crippen LogP contribution is -2.09. The van der Waals surface area contributed by atoms with Crippen molar-refractivity contribution in [3.8, 4) is 0 Å². The Labute approximate surface area is 141 Å². The van der Waals surface area contributed by atoms with E-state index in [1.807, 2.05) is 6.08 Å². The van der Waals surface area contributed by atoms with Crippen LogP contribution in [0.2, 0.25) is 0 Å². The van der Waals surface area contributed by atoms with E-state index < -0.39 is 5.97 Å². The van der Waals surface area contributed by atoms with Gasteiger partial charge in [0.1, 0.15) is 17.2 Å². The first kappa shape index (κ1) is 15.3. The summed E-state index contributed by atoms with van der Waals surface area (Å²) in [5, 5.41) is 9.35. The minimum Gasteiger partial charge on any atom is -0.478 e. The number of allylic oxidation sites excluding steroid dienone is 1. The zero-order chi connectivity index (χ0) is 17.6. The van der Waals surface area contributed by atoms with Crippen molar-refractivity contribution in [3.63, 3.8) is 0 Å². The van der Waals surface area contributed by atoms with Crippen molar-refractivity contribution in [2.45, 2.75) is 12.8 Å². The minimum atomic E-state index is -1.09. The van der Waals surface area contributed by atoms with E-state index in [0.717, 1.165) is 5.57 Å². The molecule has 0 fully saturated rings. The van der Waals surface area contributed by atoms with E-state index in [9.17, 15) is 14.0 Å². The van der Waals surface area contributed by atoms with Crippen molar-refractivity contribution in [2.24, 2.45) is 0 Å². The summed E-state index contributed by atoms with van der Waals surface area (Å²) in [7, 11) is 0. The van der Waals surface area contributed by atoms with Gasteiger partial charge in [0.15, 0.2) is 5.43 Å². The Morgan fingerprint density at radius 1 is 1.16 bits per heavy atom. The van der Waals surface area contributed by atoms with Gasteiger partial charge in [-0.25, -0.2) is 9.18 Å². The van der Waals surface area contributed by atoms with Crippen LogP contribution in [0.1, 0.15) is 33.7 Å². The fourth-order valence-corrected chi connectivity index (χ4v) is 3.16. The number of hydrogen-bond acceptors (Lipinski definition) is 3. The van der Waals surface area contributed by atoms with Crippen molar-refractivity contribution in [1.82, 2.24) is 0 Å². The smallest absolute Gasteiger partial charge is 0.335 e. The van der Waals surface area contributed by atoms with Gasteiger partial charge in [-0.2, -0.15) is 0 Å². The second kappa shape index (κ2) is 5.70. The predicted octanol–water partition coefficient (Wildman–Crippen LogP) is 4.12. The molecule has 1 aliphatic rings. The van der Waals surface area contributed by atoms with E-state index in [2.05, 4.69) is 0 Å². The number of benzene rings is 2. The van der Waals surface area contributed by atoms with Crippen LogP contribution in [0.3, 0.4) is 0 Å². The lowest BCUT2D eigenvalue weighted by atomic mass is 10.1. The molecule has 2 aromatic carbocycles. The number of rotatable bonds is 2. The third-order valence-corrected chi connectivity index (χ3v) is 4.36. The Morgan fingerprint density at radius 3 is 2.76 bits per heavy atom. The Hall–Kier alpha value is -3.21. The molecule has 3 aromatic rings. The molecular weight excluding hydrogens is 323 g/mol. The number of carbonyl (C=O) groups is 1. The molecule has 25 heavy (non-hydrogen) atoms. The molecule has 5 heteroatoms. The van der Waals surface area contributed by atoms with Gasteiger partial charge in [-0.15, -0.1) is 0 Å². The monoisotopic (exact) mass is 336 g/mol. The van der Waals surface area contributed by atoms with Crippen LogP contribution in [0.5, 0.6) is 0 Å². The summed E-state index contributed by atoms with van der Waals surface area (Å²) in [5.74, 6) is -0.910. The number of halogens is 1. The third-order valence-electron chi connectivity index (χ3n) is 4.36. The zero-order valence-corrected chi connectivity index (χ0v) is 13.1. The Kier molecular flexibility index (Phi) is 3.50. The van der Waals surface area contributed by atoms with Gasteiger partial charge < -0.3 is 9.52 Å². The second-order valence-corrected chi connectivity index (χ2v) is 5.98. The molecule has 0 saturated heterocycles. The van der Waals surface area contributed by atoms with E-state index in [1.54, 1.807) is 12.1 Å². The lowest BCUT2D eigenvalue weighted by Gasteiger charge is -2.05. The molecule has 124 valence electrons. The van der Waals surface area contributed by atoms with Crippen LogP contribution in [-0.2, 0) is 6.42 Å². The first-order valence-corrected chi connectivity index (χ1v) is 7.82. The van der Waals surface area contributed by atoms with Crippen molar-refractivity contribution >= 4 is 28.6 Å². The molecule has 4 nitrogen and oxygen atoms in total. The van der Waals surface area contributed by atoms with Gasteiger partial charge in [-0.3, -0.25) is 4.79 Å². The first-order chi connectivity index (χ1) is 12.0. The molecule has 0 saturated carbocycles. The number of hydrogen-bond donors (Lipinski definition) is 1. The SMILES string of the molecule is O=C(O)c1ccc2oc3c(c(=O)c2c1)CCC3=Cc1cccc(F)c1. The van der Waals surface area contributed by atoms with E-state index in [-0.39, 0.29) is 22.2 Å². The minimum absolute atomic E-state index is 0.0493. The van der Waals surface area contributed by atoms with Crippen LogP contribution in [-0.4, -0.2) is 11.1 Å². The topological polar surface area (TPSA) is 67.5 Å². The van der Waals surface area contributed by atoms with Crippen molar-refractivity contribution < 1.29 is 18.7 Å². The van der Waals surface area contributed by atoms with Crippen LogP contribution in [0.25, 0.3) is 22.6 Å². The molecule has 1 aliphatic carbocycles. The standard InChI is InChI=1S/C20H13FO4/c21-14-3-1-2-11(9-14)8-12-4-6-15-18(22)16-10-13(20(23)24)5-7-17(16)25-19(12)15/h1-3,5,7-10H,4,6H2,(H,23,24). The summed E-state index contributed by atoms with van der Waals surface area (Å²) in [4.78, 5) is 23.8.